The molecule has 2 rings (SSSR count). The summed E-state index contributed by atoms with van der Waals surface area (Å²) in [6, 6.07) is 13.9. The summed E-state index contributed by atoms with van der Waals surface area (Å²) < 4.78 is 5.45. The van der Waals surface area contributed by atoms with Crippen LogP contribution in [0.15, 0.2) is 48.5 Å². The lowest BCUT2D eigenvalue weighted by Crippen LogP contribution is -2.53. The number of ether oxygens (including phenoxy) is 1. The number of carbonyl (C=O) groups is 3. The molecule has 0 bridgehead atoms. The monoisotopic (exact) mass is 541 g/mol. The van der Waals surface area contributed by atoms with Gasteiger partial charge < -0.3 is 20.3 Å². The van der Waals surface area contributed by atoms with Crippen LogP contribution in [-0.4, -0.2) is 53.0 Å². The summed E-state index contributed by atoms with van der Waals surface area (Å²) in [6.07, 6.45) is 2.38. The van der Waals surface area contributed by atoms with E-state index >= 15 is 0 Å². The molecule has 208 valence electrons. The van der Waals surface area contributed by atoms with Crippen LogP contribution in [-0.2, 0) is 20.9 Å². The molecule has 38 heavy (non-hydrogen) atoms. The number of benzene rings is 2. The van der Waals surface area contributed by atoms with Crippen LogP contribution >= 0.6 is 11.8 Å². The van der Waals surface area contributed by atoms with E-state index in [-0.39, 0.29) is 11.8 Å². The molecule has 0 radical (unpaired) electrons. The summed E-state index contributed by atoms with van der Waals surface area (Å²) in [7, 11) is 0. The standard InChI is InChI=1S/C30H43N3O4S/c1-8-18-33(28(35)24(17-19-38-7)32-29(36)37-30(4,5)6)26(25-21(2)13-12-14-22(25)3)27(34)31-20-23-15-10-9-11-16-23/h9-16,24,26H,8,17-20H2,1-7H3,(H,31,34)(H,32,36). The van der Waals surface area contributed by atoms with Gasteiger partial charge in [-0.15, -0.1) is 0 Å². The molecule has 2 unspecified atom stereocenters. The maximum atomic E-state index is 14.1. The summed E-state index contributed by atoms with van der Waals surface area (Å²) in [5.41, 5.74) is 2.94. The van der Waals surface area contributed by atoms with Gasteiger partial charge in [-0.1, -0.05) is 55.5 Å². The Kier molecular flexibility index (Phi) is 12.2. The Balaban J connectivity index is 2.47. The number of thioether (sulfide) groups is 1. The van der Waals surface area contributed by atoms with Gasteiger partial charge in [0.15, 0.2) is 0 Å². The average molecular weight is 542 g/mol. The normalized spacial score (nSPS) is 12.8. The van der Waals surface area contributed by atoms with Gasteiger partial charge in [0.05, 0.1) is 0 Å². The fourth-order valence-corrected chi connectivity index (χ4v) is 4.79. The number of nitrogens with zero attached hydrogens (tertiary/aromatic N) is 1. The number of alkyl carbamates (subject to hydrolysis) is 1. The molecule has 0 aliphatic rings. The second-order valence-corrected chi connectivity index (χ2v) is 11.4. The molecule has 0 aromatic heterocycles. The molecule has 2 aromatic carbocycles. The third kappa shape index (κ3) is 9.39. The molecule has 8 heteroatoms. The van der Waals surface area contributed by atoms with Crippen molar-refractivity contribution < 1.29 is 19.1 Å². The molecule has 0 spiro atoms. The van der Waals surface area contributed by atoms with Crippen LogP contribution in [0.3, 0.4) is 0 Å². The first-order chi connectivity index (χ1) is 18.0. The molecule has 0 saturated heterocycles. The van der Waals surface area contributed by atoms with Crippen LogP contribution < -0.4 is 10.6 Å². The molecule has 2 aromatic rings. The van der Waals surface area contributed by atoms with Crippen LogP contribution in [0, 0.1) is 13.8 Å². The molecular weight excluding hydrogens is 498 g/mol. The van der Waals surface area contributed by atoms with Crippen LogP contribution in [0.2, 0.25) is 0 Å². The van der Waals surface area contributed by atoms with Gasteiger partial charge in [-0.25, -0.2) is 4.79 Å². The van der Waals surface area contributed by atoms with Crippen molar-refractivity contribution in [2.75, 3.05) is 18.6 Å². The Labute approximate surface area is 232 Å². The maximum absolute atomic E-state index is 14.1. The molecular formula is C30H43N3O4S. The zero-order valence-electron chi connectivity index (χ0n) is 23.8. The molecule has 0 heterocycles. The summed E-state index contributed by atoms with van der Waals surface area (Å²) in [5.74, 6) is 0.115. The van der Waals surface area contributed by atoms with Crippen molar-refractivity contribution in [3.63, 3.8) is 0 Å². The number of amides is 3. The number of nitrogens with one attached hydrogen (secondary N) is 2. The van der Waals surface area contributed by atoms with Crippen LogP contribution in [0.5, 0.6) is 0 Å². The summed E-state index contributed by atoms with van der Waals surface area (Å²) in [4.78, 5) is 42.3. The van der Waals surface area contributed by atoms with Crippen LogP contribution in [0.25, 0.3) is 0 Å². The van der Waals surface area contributed by atoms with Crippen molar-refractivity contribution in [2.24, 2.45) is 0 Å². The lowest BCUT2D eigenvalue weighted by molar-refractivity contribution is -0.142. The fourth-order valence-electron chi connectivity index (χ4n) is 4.32. The minimum absolute atomic E-state index is 0.256. The van der Waals surface area contributed by atoms with E-state index in [4.69, 9.17) is 4.74 Å². The van der Waals surface area contributed by atoms with Crippen molar-refractivity contribution in [3.05, 3.63) is 70.8 Å². The van der Waals surface area contributed by atoms with Gasteiger partial charge in [0.2, 0.25) is 11.8 Å². The number of hydrogen-bond donors (Lipinski definition) is 2. The Morgan fingerprint density at radius 2 is 1.63 bits per heavy atom. The van der Waals surface area contributed by atoms with E-state index in [1.54, 1.807) is 37.4 Å². The second kappa shape index (κ2) is 14.8. The van der Waals surface area contributed by atoms with E-state index < -0.39 is 23.8 Å². The number of hydrogen-bond acceptors (Lipinski definition) is 5. The molecule has 7 nitrogen and oxygen atoms in total. The predicted molar refractivity (Wildman–Crippen MR) is 155 cm³/mol. The molecule has 0 aliphatic heterocycles. The third-order valence-electron chi connectivity index (χ3n) is 6.03. The van der Waals surface area contributed by atoms with Gasteiger partial charge in [0.25, 0.3) is 0 Å². The highest BCUT2D eigenvalue weighted by Crippen LogP contribution is 2.29. The van der Waals surface area contributed by atoms with Gasteiger partial charge in [0, 0.05) is 13.1 Å². The second-order valence-electron chi connectivity index (χ2n) is 10.4. The molecule has 0 fully saturated rings. The van der Waals surface area contributed by atoms with E-state index in [1.807, 2.05) is 75.6 Å². The maximum Gasteiger partial charge on any atom is 0.408 e. The third-order valence-corrected chi connectivity index (χ3v) is 6.68. The van der Waals surface area contributed by atoms with E-state index in [9.17, 15) is 14.4 Å². The molecule has 2 atom stereocenters. The molecule has 2 N–H and O–H groups in total. The number of aryl methyl sites for hydroxylation is 2. The Bertz CT molecular complexity index is 1050. The van der Waals surface area contributed by atoms with Crippen molar-refractivity contribution in [2.45, 2.75) is 78.6 Å². The highest BCUT2D eigenvalue weighted by atomic mass is 32.2. The largest absolute Gasteiger partial charge is 0.444 e. The molecule has 3 amide bonds. The Morgan fingerprint density at radius 1 is 1.00 bits per heavy atom. The van der Waals surface area contributed by atoms with Gasteiger partial charge in [-0.05, 0) is 81.7 Å². The van der Waals surface area contributed by atoms with E-state index in [1.165, 1.54) is 0 Å². The van der Waals surface area contributed by atoms with Crippen molar-refractivity contribution in [3.8, 4) is 0 Å². The fraction of sp³-hybridized carbons (Fsp3) is 0.500. The highest BCUT2D eigenvalue weighted by Gasteiger charge is 2.37. The smallest absolute Gasteiger partial charge is 0.408 e. The van der Waals surface area contributed by atoms with E-state index in [0.29, 0.717) is 31.7 Å². The van der Waals surface area contributed by atoms with Gasteiger partial charge in [0.1, 0.15) is 17.7 Å². The Hall–Kier alpha value is -3.00. The molecule has 0 saturated carbocycles. The first kappa shape index (κ1) is 31.2. The minimum Gasteiger partial charge on any atom is -0.444 e. The lowest BCUT2D eigenvalue weighted by Gasteiger charge is -2.35. The van der Waals surface area contributed by atoms with E-state index in [0.717, 1.165) is 22.3 Å². The predicted octanol–water partition coefficient (Wildman–Crippen LogP) is 5.55. The van der Waals surface area contributed by atoms with Crippen molar-refractivity contribution >= 4 is 29.7 Å². The highest BCUT2D eigenvalue weighted by molar-refractivity contribution is 7.98. The van der Waals surface area contributed by atoms with Crippen LogP contribution in [0.4, 0.5) is 4.79 Å². The average Bonchev–Trinajstić information content (AvgIpc) is 2.85. The summed E-state index contributed by atoms with van der Waals surface area (Å²) >= 11 is 1.59. The zero-order chi connectivity index (χ0) is 28.3. The van der Waals surface area contributed by atoms with Gasteiger partial charge in [-0.3, -0.25) is 9.59 Å². The topological polar surface area (TPSA) is 87.7 Å². The SMILES string of the molecule is CCCN(C(=O)C(CCSC)NC(=O)OC(C)(C)C)C(C(=O)NCc1ccccc1)c1c(C)cccc1C. The first-order valence-corrected chi connectivity index (χ1v) is 14.5. The number of rotatable bonds is 12. The summed E-state index contributed by atoms with van der Waals surface area (Å²) in [6.45, 7) is 11.9. The van der Waals surface area contributed by atoms with Crippen molar-refractivity contribution in [1.82, 2.24) is 15.5 Å². The summed E-state index contributed by atoms with van der Waals surface area (Å²) in [5, 5.41) is 5.83. The van der Waals surface area contributed by atoms with Gasteiger partial charge >= 0.3 is 6.09 Å². The quantitative estimate of drug-likeness (QED) is 0.368. The number of carbonyl (C=O) groups excluding carboxylic acids is 3. The first-order valence-electron chi connectivity index (χ1n) is 13.1. The van der Waals surface area contributed by atoms with Crippen LogP contribution in [0.1, 0.15) is 68.8 Å². The molecule has 0 aliphatic carbocycles. The van der Waals surface area contributed by atoms with E-state index in [2.05, 4.69) is 10.6 Å². The van der Waals surface area contributed by atoms with Crippen molar-refractivity contribution in [1.29, 1.82) is 0 Å². The van der Waals surface area contributed by atoms with Gasteiger partial charge in [-0.2, -0.15) is 11.8 Å². The lowest BCUT2D eigenvalue weighted by atomic mass is 9.93. The minimum atomic E-state index is -0.843. The Morgan fingerprint density at radius 3 is 2.18 bits per heavy atom. The zero-order valence-corrected chi connectivity index (χ0v) is 24.6.